The van der Waals surface area contributed by atoms with Gasteiger partial charge in [-0.1, -0.05) is 29.9 Å². The first-order valence-electron chi connectivity index (χ1n) is 8.80. The number of thiocarbonyl (C=S) groups is 1. The Bertz CT molecular complexity index is 901. The minimum Gasteiger partial charge on any atom is -0.372 e. The number of benzene rings is 1. The second-order valence-electron chi connectivity index (χ2n) is 7.06. The molecule has 4 rings (SSSR count). The molecule has 1 aliphatic heterocycles. The molecule has 0 spiro atoms. The van der Waals surface area contributed by atoms with Gasteiger partial charge in [0.1, 0.15) is 16.5 Å². The molecule has 0 radical (unpaired) electrons. The van der Waals surface area contributed by atoms with Gasteiger partial charge in [-0.2, -0.15) is 0 Å². The lowest BCUT2D eigenvalue weighted by atomic mass is 9.83. The average molecular weight is 405 g/mol. The zero-order valence-electron chi connectivity index (χ0n) is 14.5. The number of nitrogens with one attached hydrogen (secondary N) is 1. The number of Topliss-reactive ketones (excluding diaryl/α,β-unsaturated/α-hetero) is 1. The smallest absolute Gasteiger partial charge is 0.185 e. The Labute approximate surface area is 167 Å². The molecule has 27 heavy (non-hydrogen) atoms. The Morgan fingerprint density at radius 1 is 1.37 bits per heavy atom. The Balaban J connectivity index is 1.64. The first-order valence-corrected chi connectivity index (χ1v) is 9.59. The molecule has 1 aromatic heterocycles. The first kappa shape index (κ1) is 18.5. The van der Waals surface area contributed by atoms with E-state index >= 15 is 0 Å². The molecule has 2 aromatic rings. The van der Waals surface area contributed by atoms with E-state index in [4.69, 9.17) is 28.6 Å². The summed E-state index contributed by atoms with van der Waals surface area (Å²) in [5.41, 5.74) is 0.923. The zero-order chi connectivity index (χ0) is 19.0. The minimum absolute atomic E-state index is 0.133. The molecule has 1 saturated heterocycles. The standard InChI is InChI=1S/C20H18ClFN2O2S/c21-14-4-6-17(23-9-14)18(25)8-12-1-5-16(22)15(7-12)20(13-2-3-13)11-26-10-19(27)24-20/h1,4-7,9,13H,2-3,8,10-11H2,(H,24,27). The summed E-state index contributed by atoms with van der Waals surface area (Å²) in [5.74, 6) is -0.189. The number of pyridine rings is 1. The van der Waals surface area contributed by atoms with Crippen LogP contribution >= 0.6 is 23.8 Å². The van der Waals surface area contributed by atoms with Crippen LogP contribution in [-0.2, 0) is 16.7 Å². The maximum atomic E-state index is 14.8. The van der Waals surface area contributed by atoms with Gasteiger partial charge in [0.05, 0.1) is 23.8 Å². The third kappa shape index (κ3) is 3.74. The van der Waals surface area contributed by atoms with Crippen molar-refractivity contribution in [3.05, 3.63) is 64.2 Å². The van der Waals surface area contributed by atoms with Crippen LogP contribution in [0.25, 0.3) is 0 Å². The van der Waals surface area contributed by atoms with Crippen LogP contribution in [0.2, 0.25) is 5.02 Å². The van der Waals surface area contributed by atoms with Crippen LogP contribution in [0.5, 0.6) is 0 Å². The third-order valence-electron chi connectivity index (χ3n) is 5.09. The van der Waals surface area contributed by atoms with Gasteiger partial charge in [-0.25, -0.2) is 4.39 Å². The number of morpholine rings is 1. The number of aromatic nitrogens is 1. The topological polar surface area (TPSA) is 51.2 Å². The second-order valence-corrected chi connectivity index (χ2v) is 7.99. The van der Waals surface area contributed by atoms with E-state index in [9.17, 15) is 9.18 Å². The number of hydrogen-bond donors (Lipinski definition) is 1. The SMILES string of the molecule is O=C(Cc1ccc(F)c(C2(C3CC3)COCC(=S)N2)c1)c1ccc(Cl)cn1. The molecule has 1 atom stereocenters. The van der Waals surface area contributed by atoms with Crippen LogP contribution in [0.4, 0.5) is 4.39 Å². The van der Waals surface area contributed by atoms with E-state index in [1.165, 1.54) is 12.3 Å². The molecule has 7 heteroatoms. The highest BCUT2D eigenvalue weighted by atomic mass is 35.5. The molecule has 4 nitrogen and oxygen atoms in total. The van der Waals surface area contributed by atoms with E-state index in [0.29, 0.717) is 34.5 Å². The van der Waals surface area contributed by atoms with E-state index in [-0.39, 0.29) is 23.9 Å². The number of carbonyl (C=O) groups excluding carboxylic acids is 1. The van der Waals surface area contributed by atoms with Crippen molar-refractivity contribution >= 4 is 34.6 Å². The van der Waals surface area contributed by atoms with E-state index < -0.39 is 5.54 Å². The van der Waals surface area contributed by atoms with E-state index in [1.54, 1.807) is 24.3 Å². The molecule has 1 unspecified atom stereocenters. The lowest BCUT2D eigenvalue weighted by Crippen LogP contribution is -2.56. The molecule has 2 fully saturated rings. The Morgan fingerprint density at radius 3 is 2.85 bits per heavy atom. The summed E-state index contributed by atoms with van der Waals surface area (Å²) in [5, 5.41) is 3.80. The maximum Gasteiger partial charge on any atom is 0.185 e. The number of carbonyl (C=O) groups is 1. The van der Waals surface area contributed by atoms with Gasteiger partial charge < -0.3 is 10.1 Å². The Hall–Kier alpha value is -1.89. The Morgan fingerprint density at radius 2 is 2.19 bits per heavy atom. The minimum atomic E-state index is -0.656. The monoisotopic (exact) mass is 404 g/mol. The first-order chi connectivity index (χ1) is 13.0. The summed E-state index contributed by atoms with van der Waals surface area (Å²) < 4.78 is 20.4. The van der Waals surface area contributed by atoms with Crippen molar-refractivity contribution in [2.24, 2.45) is 5.92 Å². The average Bonchev–Trinajstić information content (AvgIpc) is 3.49. The largest absolute Gasteiger partial charge is 0.372 e. The van der Waals surface area contributed by atoms with Crippen LogP contribution in [0, 0.1) is 11.7 Å². The quantitative estimate of drug-likeness (QED) is 0.606. The van der Waals surface area contributed by atoms with Gasteiger partial charge >= 0.3 is 0 Å². The van der Waals surface area contributed by atoms with Gasteiger partial charge in [0.2, 0.25) is 0 Å². The molecule has 2 heterocycles. The molecule has 1 aromatic carbocycles. The lowest BCUT2D eigenvalue weighted by Gasteiger charge is -2.40. The van der Waals surface area contributed by atoms with Crippen LogP contribution in [0.3, 0.4) is 0 Å². The molecule has 0 bridgehead atoms. The summed E-state index contributed by atoms with van der Waals surface area (Å²) >= 11 is 11.1. The number of rotatable bonds is 5. The Kier molecular flexibility index (Phi) is 4.97. The van der Waals surface area contributed by atoms with Crippen molar-refractivity contribution in [3.63, 3.8) is 0 Å². The van der Waals surface area contributed by atoms with Crippen molar-refractivity contribution in [2.75, 3.05) is 13.2 Å². The van der Waals surface area contributed by atoms with Gasteiger partial charge in [-0.3, -0.25) is 9.78 Å². The highest BCUT2D eigenvalue weighted by Gasteiger charge is 2.50. The van der Waals surface area contributed by atoms with E-state index in [2.05, 4.69) is 10.3 Å². The van der Waals surface area contributed by atoms with Crippen LogP contribution in [-0.4, -0.2) is 29.0 Å². The lowest BCUT2D eigenvalue weighted by molar-refractivity contribution is 0.0639. The van der Waals surface area contributed by atoms with Crippen LogP contribution in [0.1, 0.15) is 34.5 Å². The van der Waals surface area contributed by atoms with Crippen molar-refractivity contribution < 1.29 is 13.9 Å². The molecular formula is C20H18ClFN2O2S. The van der Waals surface area contributed by atoms with Crippen molar-refractivity contribution in [3.8, 4) is 0 Å². The molecular weight excluding hydrogens is 387 g/mol. The fourth-order valence-electron chi connectivity index (χ4n) is 3.63. The molecule has 1 N–H and O–H groups in total. The molecule has 1 aliphatic carbocycles. The molecule has 0 amide bonds. The summed E-state index contributed by atoms with van der Waals surface area (Å²) in [6.45, 7) is 0.719. The molecule has 1 saturated carbocycles. The second kappa shape index (κ2) is 7.26. The van der Waals surface area contributed by atoms with Crippen LogP contribution < -0.4 is 5.32 Å². The number of ether oxygens (including phenoxy) is 1. The number of nitrogens with zero attached hydrogens (tertiary/aromatic N) is 1. The highest BCUT2D eigenvalue weighted by molar-refractivity contribution is 7.80. The highest BCUT2D eigenvalue weighted by Crippen LogP contribution is 2.47. The molecule has 140 valence electrons. The van der Waals surface area contributed by atoms with Gasteiger partial charge in [-0.05, 0) is 48.6 Å². The predicted molar refractivity (Wildman–Crippen MR) is 105 cm³/mol. The van der Waals surface area contributed by atoms with Gasteiger partial charge in [0.25, 0.3) is 0 Å². The van der Waals surface area contributed by atoms with Crippen LogP contribution in [0.15, 0.2) is 36.5 Å². The summed E-state index contributed by atoms with van der Waals surface area (Å²) in [7, 11) is 0. The number of halogens is 2. The fraction of sp³-hybridized carbons (Fsp3) is 0.350. The number of hydrogen-bond acceptors (Lipinski definition) is 4. The predicted octanol–water partition coefficient (Wildman–Crippen LogP) is 3.85. The van der Waals surface area contributed by atoms with Gasteiger partial charge in [0, 0.05) is 18.2 Å². The maximum absolute atomic E-state index is 14.8. The molecule has 2 aliphatic rings. The van der Waals surface area contributed by atoms with Crippen molar-refractivity contribution in [2.45, 2.75) is 24.8 Å². The normalized spacial score (nSPS) is 22.4. The summed E-state index contributed by atoms with van der Waals surface area (Å²) in [6, 6.07) is 8.03. The van der Waals surface area contributed by atoms with E-state index in [0.717, 1.165) is 18.4 Å². The zero-order valence-corrected chi connectivity index (χ0v) is 16.1. The number of ketones is 1. The van der Waals surface area contributed by atoms with Crippen molar-refractivity contribution in [1.29, 1.82) is 0 Å². The summed E-state index contributed by atoms with van der Waals surface area (Å²) in [6.07, 6.45) is 3.57. The third-order valence-corrected chi connectivity index (χ3v) is 5.53. The fourth-order valence-corrected chi connectivity index (χ4v) is 4.00. The van der Waals surface area contributed by atoms with Crippen molar-refractivity contribution in [1.82, 2.24) is 10.3 Å². The van der Waals surface area contributed by atoms with Gasteiger partial charge in [0.15, 0.2) is 5.78 Å². The van der Waals surface area contributed by atoms with E-state index in [1.807, 2.05) is 0 Å². The van der Waals surface area contributed by atoms with Gasteiger partial charge in [-0.15, -0.1) is 0 Å². The summed E-state index contributed by atoms with van der Waals surface area (Å²) in [4.78, 5) is 17.2.